The summed E-state index contributed by atoms with van der Waals surface area (Å²) in [5, 5.41) is -0.0000694. The molecule has 0 aliphatic heterocycles. The van der Waals surface area contributed by atoms with Crippen LogP contribution >= 0.6 is 23.8 Å². The number of hydrogen-bond acceptors (Lipinski definition) is 1. The third kappa shape index (κ3) is 2.30. The molecule has 0 bridgehead atoms. The molecule has 0 aliphatic rings. The minimum Gasteiger partial charge on any atom is -0.335 e. The summed E-state index contributed by atoms with van der Waals surface area (Å²) in [6.45, 7) is 1.70. The molecule has 0 spiro atoms. The topological polar surface area (TPSA) is 20.7 Å². The van der Waals surface area contributed by atoms with Gasteiger partial charge in [-0.2, -0.15) is 13.2 Å². The van der Waals surface area contributed by atoms with E-state index in [4.69, 9.17) is 23.8 Å². The van der Waals surface area contributed by atoms with E-state index in [-0.39, 0.29) is 15.5 Å². The summed E-state index contributed by atoms with van der Waals surface area (Å²) < 4.78 is 40.2. The zero-order valence-corrected chi connectivity index (χ0v) is 10.7. The molecule has 0 saturated heterocycles. The van der Waals surface area contributed by atoms with E-state index in [1.807, 2.05) is 0 Å². The van der Waals surface area contributed by atoms with Crippen LogP contribution in [-0.2, 0) is 6.18 Å². The minimum absolute atomic E-state index is 0.0000694. The van der Waals surface area contributed by atoms with E-state index in [0.29, 0.717) is 5.69 Å². The Bertz CT molecular complexity index is 642. The molecule has 0 fully saturated rings. The number of hydrogen-bond donors (Lipinski definition) is 1. The molecular formula is C11H8ClF3N2S. The summed E-state index contributed by atoms with van der Waals surface area (Å²) >= 11 is 10.8. The van der Waals surface area contributed by atoms with Gasteiger partial charge in [0.25, 0.3) is 0 Å². The number of alkyl halides is 3. The lowest BCUT2D eigenvalue weighted by Crippen LogP contribution is -2.11. The summed E-state index contributed by atoms with van der Waals surface area (Å²) in [5.74, 6) is 0. The number of aromatic amines is 1. The first-order chi connectivity index (χ1) is 8.30. The van der Waals surface area contributed by atoms with Crippen LogP contribution in [0.5, 0.6) is 0 Å². The maximum absolute atomic E-state index is 12.9. The Morgan fingerprint density at radius 2 is 2.00 bits per heavy atom. The van der Waals surface area contributed by atoms with Gasteiger partial charge in [-0.25, -0.2) is 0 Å². The van der Waals surface area contributed by atoms with Crippen LogP contribution in [0.25, 0.3) is 5.69 Å². The third-order valence-corrected chi connectivity index (χ3v) is 2.98. The van der Waals surface area contributed by atoms with Crippen molar-refractivity contribution < 1.29 is 13.2 Å². The molecule has 1 aromatic carbocycles. The molecule has 1 heterocycles. The molecular weight excluding hydrogens is 285 g/mol. The largest absolute Gasteiger partial charge is 0.418 e. The predicted molar refractivity (Wildman–Crippen MR) is 65.7 cm³/mol. The summed E-state index contributed by atoms with van der Waals surface area (Å²) in [5.41, 5.74) is -0.306. The highest BCUT2D eigenvalue weighted by molar-refractivity contribution is 7.71. The van der Waals surface area contributed by atoms with E-state index in [1.54, 1.807) is 6.92 Å². The molecule has 0 unspecified atom stereocenters. The van der Waals surface area contributed by atoms with E-state index < -0.39 is 11.7 Å². The average molecular weight is 293 g/mol. The Balaban J connectivity index is 2.78. The molecule has 1 N–H and O–H groups in total. The maximum atomic E-state index is 12.9. The van der Waals surface area contributed by atoms with Crippen molar-refractivity contribution in [1.82, 2.24) is 9.55 Å². The Morgan fingerprint density at radius 3 is 2.50 bits per heavy atom. The van der Waals surface area contributed by atoms with Crippen LogP contribution in [0, 0.1) is 11.7 Å². The third-order valence-electron chi connectivity index (χ3n) is 2.38. The molecule has 2 rings (SSSR count). The fourth-order valence-corrected chi connectivity index (χ4v) is 2.24. The van der Waals surface area contributed by atoms with Crippen LogP contribution in [0.15, 0.2) is 24.4 Å². The molecule has 2 nitrogen and oxygen atoms in total. The number of rotatable bonds is 1. The lowest BCUT2D eigenvalue weighted by atomic mass is 10.1. The quantitative estimate of drug-likeness (QED) is 0.767. The zero-order valence-electron chi connectivity index (χ0n) is 9.18. The number of halogens is 4. The second-order valence-corrected chi connectivity index (χ2v) is 4.54. The smallest absolute Gasteiger partial charge is 0.335 e. The van der Waals surface area contributed by atoms with Gasteiger partial charge < -0.3 is 4.98 Å². The van der Waals surface area contributed by atoms with Crippen molar-refractivity contribution in [3.05, 3.63) is 45.4 Å². The number of aromatic nitrogens is 2. The van der Waals surface area contributed by atoms with Crippen LogP contribution < -0.4 is 0 Å². The number of nitrogens with zero attached hydrogens (tertiary/aromatic N) is 1. The van der Waals surface area contributed by atoms with E-state index >= 15 is 0 Å². The van der Waals surface area contributed by atoms with Gasteiger partial charge in [0.15, 0.2) is 4.77 Å². The number of para-hydroxylation sites is 1. The van der Waals surface area contributed by atoms with Crippen LogP contribution in [0.4, 0.5) is 13.2 Å². The molecule has 0 atom stereocenters. The standard InChI is InChI=1S/C11H8ClF3N2S/c1-6-5-17(10(18)16-6)9-7(11(13,14)15)3-2-4-8(9)12/h2-5H,1H3,(H,16,18). The van der Waals surface area contributed by atoms with E-state index in [9.17, 15) is 13.2 Å². The maximum Gasteiger partial charge on any atom is 0.418 e. The highest BCUT2D eigenvalue weighted by Gasteiger charge is 2.35. The fourth-order valence-electron chi connectivity index (χ4n) is 1.67. The summed E-state index contributed by atoms with van der Waals surface area (Å²) in [7, 11) is 0. The number of benzene rings is 1. The molecule has 0 amide bonds. The van der Waals surface area contributed by atoms with E-state index in [0.717, 1.165) is 6.07 Å². The van der Waals surface area contributed by atoms with E-state index in [1.165, 1.54) is 22.9 Å². The Hall–Kier alpha value is -1.27. The molecule has 96 valence electrons. The Kier molecular flexibility index (Phi) is 3.25. The molecule has 0 saturated carbocycles. The molecule has 0 aliphatic carbocycles. The van der Waals surface area contributed by atoms with Gasteiger partial charge in [0, 0.05) is 11.9 Å². The zero-order chi connectivity index (χ0) is 13.5. The number of nitrogens with one attached hydrogen (secondary N) is 1. The van der Waals surface area contributed by atoms with E-state index in [2.05, 4.69) is 4.98 Å². The van der Waals surface area contributed by atoms with Crippen molar-refractivity contribution in [1.29, 1.82) is 0 Å². The van der Waals surface area contributed by atoms with Gasteiger partial charge >= 0.3 is 6.18 Å². The minimum atomic E-state index is -4.49. The lowest BCUT2D eigenvalue weighted by Gasteiger charge is -2.14. The summed E-state index contributed by atoms with van der Waals surface area (Å²) in [6.07, 6.45) is -3.00. The first kappa shape index (κ1) is 13.2. The fraction of sp³-hybridized carbons (Fsp3) is 0.182. The monoisotopic (exact) mass is 292 g/mol. The van der Waals surface area contributed by atoms with Gasteiger partial charge in [-0.3, -0.25) is 4.57 Å². The van der Waals surface area contributed by atoms with Gasteiger partial charge in [0.2, 0.25) is 0 Å². The summed E-state index contributed by atoms with van der Waals surface area (Å²) in [4.78, 5) is 2.76. The van der Waals surface area contributed by atoms with Crippen molar-refractivity contribution in [2.75, 3.05) is 0 Å². The first-order valence-electron chi connectivity index (χ1n) is 4.95. The van der Waals surface area contributed by atoms with Gasteiger partial charge in [0.05, 0.1) is 16.3 Å². The Morgan fingerprint density at radius 1 is 1.33 bits per heavy atom. The number of imidazole rings is 1. The SMILES string of the molecule is Cc1cn(-c2c(Cl)cccc2C(F)(F)F)c(=S)[nH]1. The van der Waals surface area contributed by atoms with Crippen molar-refractivity contribution in [2.45, 2.75) is 13.1 Å². The first-order valence-corrected chi connectivity index (χ1v) is 5.73. The summed E-state index contributed by atoms with van der Waals surface area (Å²) in [6, 6.07) is 3.64. The second-order valence-electron chi connectivity index (χ2n) is 3.75. The van der Waals surface area contributed by atoms with Crippen molar-refractivity contribution in [2.24, 2.45) is 0 Å². The normalized spacial score (nSPS) is 11.8. The van der Waals surface area contributed by atoms with Crippen molar-refractivity contribution in [3.8, 4) is 5.69 Å². The number of H-pyrrole nitrogens is 1. The van der Waals surface area contributed by atoms with Crippen molar-refractivity contribution >= 4 is 23.8 Å². The van der Waals surface area contributed by atoms with Crippen molar-refractivity contribution in [3.63, 3.8) is 0 Å². The molecule has 7 heteroatoms. The predicted octanol–water partition coefficient (Wildman–Crippen LogP) is 4.52. The number of aryl methyl sites for hydroxylation is 1. The van der Waals surface area contributed by atoms with Gasteiger partial charge in [-0.1, -0.05) is 17.7 Å². The molecule has 1 aromatic heterocycles. The molecule has 18 heavy (non-hydrogen) atoms. The van der Waals surface area contributed by atoms with Crippen LogP contribution in [0.3, 0.4) is 0 Å². The van der Waals surface area contributed by atoms with Crippen LogP contribution in [-0.4, -0.2) is 9.55 Å². The van der Waals surface area contributed by atoms with Gasteiger partial charge in [0.1, 0.15) is 0 Å². The molecule has 2 aromatic rings. The van der Waals surface area contributed by atoms with Crippen LogP contribution in [0.2, 0.25) is 5.02 Å². The Labute approximate surface area is 111 Å². The highest BCUT2D eigenvalue weighted by atomic mass is 35.5. The second kappa shape index (κ2) is 4.44. The molecule has 0 radical (unpaired) electrons. The average Bonchev–Trinajstić information content (AvgIpc) is 2.56. The highest BCUT2D eigenvalue weighted by Crippen LogP contribution is 2.37. The van der Waals surface area contributed by atoms with Crippen LogP contribution in [0.1, 0.15) is 11.3 Å². The van der Waals surface area contributed by atoms with Gasteiger partial charge in [-0.05, 0) is 31.3 Å². The lowest BCUT2D eigenvalue weighted by molar-refractivity contribution is -0.137. The van der Waals surface area contributed by atoms with Gasteiger partial charge in [-0.15, -0.1) is 0 Å².